The van der Waals surface area contributed by atoms with Gasteiger partial charge in [0, 0.05) is 34.6 Å². The normalized spacial score (nSPS) is 10.5. The SMILES string of the molecule is Cc1ccccc1CNC(=O)c1ccc(Nc2nccc(-c3ccc(Cl)cc3)n2)cc1. The maximum absolute atomic E-state index is 12.5. The molecule has 0 saturated heterocycles. The molecule has 0 bridgehead atoms. The first-order chi connectivity index (χ1) is 15.1. The summed E-state index contributed by atoms with van der Waals surface area (Å²) in [7, 11) is 0. The van der Waals surface area contributed by atoms with Gasteiger partial charge in [-0.25, -0.2) is 9.97 Å². The van der Waals surface area contributed by atoms with Crippen molar-refractivity contribution in [2.75, 3.05) is 5.32 Å². The van der Waals surface area contributed by atoms with E-state index in [1.165, 1.54) is 0 Å². The minimum Gasteiger partial charge on any atom is -0.348 e. The van der Waals surface area contributed by atoms with Crippen molar-refractivity contribution in [2.45, 2.75) is 13.5 Å². The molecular formula is C25H21ClN4O. The molecule has 0 saturated carbocycles. The number of rotatable bonds is 6. The number of amides is 1. The molecule has 0 radical (unpaired) electrons. The van der Waals surface area contributed by atoms with Crippen LogP contribution in [0.1, 0.15) is 21.5 Å². The molecule has 0 fully saturated rings. The van der Waals surface area contributed by atoms with Crippen LogP contribution < -0.4 is 10.6 Å². The van der Waals surface area contributed by atoms with Crippen molar-refractivity contribution >= 4 is 29.1 Å². The summed E-state index contributed by atoms with van der Waals surface area (Å²) in [6.07, 6.45) is 1.70. The van der Waals surface area contributed by atoms with Gasteiger partial charge in [-0.15, -0.1) is 0 Å². The van der Waals surface area contributed by atoms with E-state index < -0.39 is 0 Å². The second kappa shape index (κ2) is 9.41. The summed E-state index contributed by atoms with van der Waals surface area (Å²) in [5.41, 5.74) is 5.39. The molecule has 5 nitrogen and oxygen atoms in total. The predicted octanol–water partition coefficient (Wildman–Crippen LogP) is 5.78. The van der Waals surface area contributed by atoms with Gasteiger partial charge in [-0.2, -0.15) is 0 Å². The van der Waals surface area contributed by atoms with E-state index in [9.17, 15) is 4.79 Å². The molecule has 0 aliphatic heterocycles. The average Bonchev–Trinajstić information content (AvgIpc) is 2.79. The van der Waals surface area contributed by atoms with E-state index in [1.807, 2.05) is 73.7 Å². The van der Waals surface area contributed by atoms with E-state index >= 15 is 0 Å². The van der Waals surface area contributed by atoms with E-state index in [0.717, 1.165) is 28.1 Å². The van der Waals surface area contributed by atoms with Crippen LogP contribution in [0.2, 0.25) is 5.02 Å². The third-order valence-electron chi connectivity index (χ3n) is 4.90. The fourth-order valence-electron chi connectivity index (χ4n) is 3.12. The standard InChI is InChI=1S/C25H21ClN4O/c1-17-4-2-3-5-20(17)16-28-24(31)19-8-12-22(13-9-19)29-25-27-15-14-23(30-25)18-6-10-21(26)11-7-18/h2-15H,16H2,1H3,(H,28,31)(H,27,29,30). The van der Waals surface area contributed by atoms with Crippen LogP contribution in [0.15, 0.2) is 85.1 Å². The van der Waals surface area contributed by atoms with Gasteiger partial charge in [0.25, 0.3) is 5.91 Å². The Bertz CT molecular complexity index is 1190. The molecule has 1 heterocycles. The molecule has 1 aromatic heterocycles. The van der Waals surface area contributed by atoms with Crippen LogP contribution in [0.25, 0.3) is 11.3 Å². The summed E-state index contributed by atoms with van der Waals surface area (Å²) >= 11 is 5.96. The summed E-state index contributed by atoms with van der Waals surface area (Å²) in [4.78, 5) is 21.3. The summed E-state index contributed by atoms with van der Waals surface area (Å²) in [5.74, 6) is 0.361. The fourth-order valence-corrected chi connectivity index (χ4v) is 3.25. The lowest BCUT2D eigenvalue weighted by molar-refractivity contribution is 0.0951. The molecule has 6 heteroatoms. The highest BCUT2D eigenvalue weighted by Crippen LogP contribution is 2.21. The molecule has 0 aliphatic carbocycles. The van der Waals surface area contributed by atoms with Crippen molar-refractivity contribution in [3.63, 3.8) is 0 Å². The Balaban J connectivity index is 1.40. The second-order valence-electron chi connectivity index (χ2n) is 7.08. The molecule has 4 rings (SSSR count). The second-order valence-corrected chi connectivity index (χ2v) is 7.52. The average molecular weight is 429 g/mol. The van der Waals surface area contributed by atoms with Crippen LogP contribution in [0, 0.1) is 6.92 Å². The van der Waals surface area contributed by atoms with Gasteiger partial charge in [-0.3, -0.25) is 4.79 Å². The highest BCUT2D eigenvalue weighted by atomic mass is 35.5. The molecular weight excluding hydrogens is 408 g/mol. The maximum atomic E-state index is 12.5. The Morgan fingerprint density at radius 3 is 2.42 bits per heavy atom. The van der Waals surface area contributed by atoms with Gasteiger partial charge in [0.15, 0.2) is 0 Å². The van der Waals surface area contributed by atoms with E-state index in [4.69, 9.17) is 11.6 Å². The van der Waals surface area contributed by atoms with Crippen LogP contribution in [0.4, 0.5) is 11.6 Å². The number of nitrogens with zero attached hydrogens (tertiary/aromatic N) is 2. The van der Waals surface area contributed by atoms with Crippen molar-refractivity contribution in [3.8, 4) is 11.3 Å². The quantitative estimate of drug-likeness (QED) is 0.408. The number of hydrogen-bond donors (Lipinski definition) is 2. The monoisotopic (exact) mass is 428 g/mol. The summed E-state index contributed by atoms with van der Waals surface area (Å²) < 4.78 is 0. The molecule has 4 aromatic rings. The topological polar surface area (TPSA) is 66.9 Å². The zero-order valence-corrected chi connectivity index (χ0v) is 17.7. The van der Waals surface area contributed by atoms with Crippen LogP contribution in [-0.2, 0) is 6.54 Å². The number of aryl methyl sites for hydroxylation is 1. The number of carbonyl (C=O) groups excluding carboxylic acids is 1. The van der Waals surface area contributed by atoms with Crippen LogP contribution in [0.3, 0.4) is 0 Å². The molecule has 154 valence electrons. The van der Waals surface area contributed by atoms with Gasteiger partial charge in [0.05, 0.1) is 5.69 Å². The van der Waals surface area contributed by atoms with Gasteiger partial charge >= 0.3 is 0 Å². The van der Waals surface area contributed by atoms with Crippen molar-refractivity contribution in [1.82, 2.24) is 15.3 Å². The first-order valence-electron chi connectivity index (χ1n) is 9.87. The molecule has 0 spiro atoms. The minimum atomic E-state index is -0.115. The molecule has 1 amide bonds. The van der Waals surface area contributed by atoms with Gasteiger partial charge in [-0.05, 0) is 60.5 Å². The van der Waals surface area contributed by atoms with Crippen molar-refractivity contribution < 1.29 is 4.79 Å². The summed E-state index contributed by atoms with van der Waals surface area (Å²) in [5, 5.41) is 6.82. The minimum absolute atomic E-state index is 0.115. The van der Waals surface area contributed by atoms with E-state index in [0.29, 0.717) is 23.1 Å². The summed E-state index contributed by atoms with van der Waals surface area (Å²) in [6.45, 7) is 2.53. The predicted molar refractivity (Wildman–Crippen MR) is 125 cm³/mol. The molecule has 0 unspecified atom stereocenters. The maximum Gasteiger partial charge on any atom is 0.251 e. The van der Waals surface area contributed by atoms with Crippen LogP contribution >= 0.6 is 11.6 Å². The number of nitrogens with one attached hydrogen (secondary N) is 2. The number of halogens is 1. The number of anilines is 2. The van der Waals surface area contributed by atoms with Crippen molar-refractivity contribution in [3.05, 3.63) is 107 Å². The molecule has 0 atom stereocenters. The van der Waals surface area contributed by atoms with Crippen LogP contribution in [0.5, 0.6) is 0 Å². The Hall–Kier alpha value is -3.70. The Morgan fingerprint density at radius 2 is 1.68 bits per heavy atom. The lowest BCUT2D eigenvalue weighted by atomic mass is 10.1. The molecule has 2 N–H and O–H groups in total. The number of benzene rings is 3. The Kier molecular flexibility index (Phi) is 6.24. The third-order valence-corrected chi connectivity index (χ3v) is 5.15. The van der Waals surface area contributed by atoms with E-state index in [-0.39, 0.29) is 5.91 Å². The number of hydrogen-bond acceptors (Lipinski definition) is 4. The zero-order chi connectivity index (χ0) is 21.6. The number of aromatic nitrogens is 2. The number of carbonyl (C=O) groups is 1. The molecule has 0 aliphatic rings. The highest BCUT2D eigenvalue weighted by molar-refractivity contribution is 6.30. The smallest absolute Gasteiger partial charge is 0.251 e. The fraction of sp³-hybridized carbons (Fsp3) is 0.0800. The van der Waals surface area contributed by atoms with Gasteiger partial charge < -0.3 is 10.6 Å². The Labute approximate surface area is 186 Å². The first kappa shape index (κ1) is 20.6. The first-order valence-corrected chi connectivity index (χ1v) is 10.2. The lowest BCUT2D eigenvalue weighted by Gasteiger charge is -2.09. The third kappa shape index (κ3) is 5.27. The van der Waals surface area contributed by atoms with Gasteiger partial charge in [-0.1, -0.05) is 48.0 Å². The lowest BCUT2D eigenvalue weighted by Crippen LogP contribution is -2.23. The zero-order valence-electron chi connectivity index (χ0n) is 17.0. The highest BCUT2D eigenvalue weighted by Gasteiger charge is 2.07. The van der Waals surface area contributed by atoms with Crippen molar-refractivity contribution in [2.24, 2.45) is 0 Å². The van der Waals surface area contributed by atoms with Gasteiger partial charge in [0.1, 0.15) is 0 Å². The Morgan fingerprint density at radius 1 is 0.935 bits per heavy atom. The molecule has 31 heavy (non-hydrogen) atoms. The van der Waals surface area contributed by atoms with Crippen molar-refractivity contribution in [1.29, 1.82) is 0 Å². The summed E-state index contributed by atoms with van der Waals surface area (Å²) in [6, 6.07) is 24.6. The van der Waals surface area contributed by atoms with E-state index in [2.05, 4.69) is 20.6 Å². The van der Waals surface area contributed by atoms with E-state index in [1.54, 1.807) is 18.3 Å². The molecule has 3 aromatic carbocycles. The largest absolute Gasteiger partial charge is 0.348 e. The van der Waals surface area contributed by atoms with Gasteiger partial charge in [0.2, 0.25) is 5.95 Å². The van der Waals surface area contributed by atoms with Crippen LogP contribution in [-0.4, -0.2) is 15.9 Å².